The third-order valence-electron chi connectivity index (χ3n) is 0. The Labute approximate surface area is 29.2 Å². The van der Waals surface area contributed by atoms with Crippen LogP contribution in [-0.4, -0.2) is 0 Å². The normalized spacial score (nSPS) is 11.8. The molecule has 0 spiro atoms. The molecule has 0 heterocycles. The average molecular weight is 97.0 g/mol. The zero-order valence-corrected chi connectivity index (χ0v) is 3.37. The first-order chi connectivity index (χ1) is 2.00. The van der Waals surface area contributed by atoms with Gasteiger partial charge in [0, 0.05) is 0 Å². The smallest absolute Gasteiger partial charge is 0.255 e. The van der Waals surface area contributed by atoms with Gasteiger partial charge in [-0.2, -0.15) is 4.20 Å². The van der Waals surface area contributed by atoms with Gasteiger partial charge in [-0.05, 0) is 0 Å². The average Bonchev–Trinajstić information content (AvgIpc) is 0.722. The molecule has 0 unspecified atom stereocenters. The van der Waals surface area contributed by atoms with Crippen LogP contribution < -0.4 is 11.0 Å². The van der Waals surface area contributed by atoms with Gasteiger partial charge in [-0.3, -0.25) is 16.2 Å². The lowest BCUT2D eigenvalue weighted by molar-refractivity contribution is 0.863. The van der Waals surface area contributed by atoms with Gasteiger partial charge in [-0.15, -0.1) is 0 Å². The number of hydrogen-bond donors (Lipinski definition) is 3. The Hall–Kier alpha value is 0.0800. The van der Waals surface area contributed by atoms with Crippen molar-refractivity contribution in [3.63, 3.8) is 0 Å². The van der Waals surface area contributed by atoms with Crippen molar-refractivity contribution in [1.82, 2.24) is 0 Å². The molecule has 5 N–H and O–H groups in total. The van der Waals surface area contributed by atoms with E-state index in [1.165, 1.54) is 0 Å². The van der Waals surface area contributed by atoms with E-state index in [-0.39, 0.29) is 0 Å². The predicted molar refractivity (Wildman–Crippen MR) is 19.1 cm³/mol. The maximum Gasteiger partial charge on any atom is 0.255 e. The Morgan fingerprint density at radius 2 is 1.60 bits per heavy atom. The summed E-state index contributed by atoms with van der Waals surface area (Å²) in [5, 5.41) is 5.94. The zero-order valence-electron chi connectivity index (χ0n) is 2.48. The van der Waals surface area contributed by atoms with Gasteiger partial charge in [0.25, 0.3) is 7.67 Å². The van der Waals surface area contributed by atoms with Gasteiger partial charge in [0.1, 0.15) is 0 Å². The van der Waals surface area contributed by atoms with E-state index < -0.39 is 7.67 Å². The Balaban J connectivity index is 3.47. The SMILES string of the molecule is N=P(N)(N)F. The van der Waals surface area contributed by atoms with Crippen LogP contribution in [0, 0.1) is 5.16 Å². The van der Waals surface area contributed by atoms with Gasteiger partial charge in [-0.1, -0.05) is 0 Å². The quantitative estimate of drug-likeness (QED) is 0.382. The van der Waals surface area contributed by atoms with Crippen LogP contribution in [0.2, 0.25) is 0 Å². The summed E-state index contributed by atoms with van der Waals surface area (Å²) in [6.45, 7) is 0. The minimum atomic E-state index is -3.64. The molecular weight excluding hydrogens is 92.0 g/mol. The molecule has 32 valence electrons. The molecule has 3 nitrogen and oxygen atoms in total. The second-order valence-corrected chi connectivity index (χ2v) is 2.06. The highest BCUT2D eigenvalue weighted by atomic mass is 31.2. The molecule has 5 heteroatoms. The van der Waals surface area contributed by atoms with Gasteiger partial charge >= 0.3 is 0 Å². The minimum absolute atomic E-state index is 3.64. The van der Waals surface area contributed by atoms with Crippen LogP contribution in [-0.2, 0) is 0 Å². The zero-order chi connectivity index (χ0) is 4.50. The van der Waals surface area contributed by atoms with E-state index >= 15 is 0 Å². The van der Waals surface area contributed by atoms with E-state index in [9.17, 15) is 4.20 Å². The number of hydrogen-bond acceptors (Lipinski definition) is 1. The topological polar surface area (TPSA) is 75.9 Å². The molecule has 0 atom stereocenters. The van der Waals surface area contributed by atoms with Gasteiger partial charge in [0.2, 0.25) is 0 Å². The van der Waals surface area contributed by atoms with E-state index in [2.05, 4.69) is 11.0 Å². The van der Waals surface area contributed by atoms with Crippen LogP contribution >= 0.6 is 7.67 Å². The molecule has 0 amide bonds. The highest BCUT2D eigenvalue weighted by Gasteiger charge is 1.90. The molecule has 0 fully saturated rings. The minimum Gasteiger partial charge on any atom is -0.264 e. The molecule has 0 aliphatic rings. The first-order valence-electron chi connectivity index (χ1n) is 0.909. The van der Waals surface area contributed by atoms with Crippen LogP contribution in [0.5, 0.6) is 0 Å². The predicted octanol–water partition coefficient (Wildman–Crippen LogP) is 0.398. The van der Waals surface area contributed by atoms with Crippen molar-refractivity contribution in [2.45, 2.75) is 0 Å². The molecule has 5 heavy (non-hydrogen) atoms. The summed E-state index contributed by atoms with van der Waals surface area (Å²) in [4.78, 5) is 0. The molecule has 0 saturated heterocycles. The van der Waals surface area contributed by atoms with Crippen LogP contribution in [0.1, 0.15) is 0 Å². The van der Waals surface area contributed by atoms with E-state index in [0.717, 1.165) is 0 Å². The van der Waals surface area contributed by atoms with E-state index in [1.807, 2.05) is 0 Å². The fourth-order valence-electron chi connectivity index (χ4n) is 0. The summed E-state index contributed by atoms with van der Waals surface area (Å²) in [5.74, 6) is 0. The van der Waals surface area contributed by atoms with Crippen LogP contribution in [0.4, 0.5) is 4.20 Å². The molecule has 0 rings (SSSR count). The van der Waals surface area contributed by atoms with Crippen molar-refractivity contribution in [2.75, 3.05) is 0 Å². The summed E-state index contributed by atoms with van der Waals surface area (Å²) >= 11 is 0. The van der Waals surface area contributed by atoms with Crippen molar-refractivity contribution >= 4 is 7.67 Å². The summed E-state index contributed by atoms with van der Waals surface area (Å²) in [5.41, 5.74) is 8.49. The van der Waals surface area contributed by atoms with Crippen molar-refractivity contribution in [3.8, 4) is 0 Å². The Bertz CT molecular complexity index is 53.0. The molecule has 0 aromatic heterocycles. The summed E-state index contributed by atoms with van der Waals surface area (Å²) < 4.78 is 11.0. The van der Waals surface area contributed by atoms with Crippen LogP contribution in [0.15, 0.2) is 0 Å². The molecule has 0 aliphatic carbocycles. The maximum atomic E-state index is 11.0. The van der Waals surface area contributed by atoms with Gasteiger partial charge in [-0.25, -0.2) is 0 Å². The monoisotopic (exact) mass is 97.0 g/mol. The highest BCUT2D eigenvalue weighted by molar-refractivity contribution is 7.54. The van der Waals surface area contributed by atoms with Gasteiger partial charge in [0.05, 0.1) is 0 Å². The van der Waals surface area contributed by atoms with E-state index in [1.54, 1.807) is 0 Å². The van der Waals surface area contributed by atoms with Crippen molar-refractivity contribution < 1.29 is 4.20 Å². The number of nitrogens with one attached hydrogen (secondary N) is 1. The number of nitrogens with two attached hydrogens (primary N) is 2. The largest absolute Gasteiger partial charge is 0.264 e. The molecular formula is H5FN3P. The summed E-state index contributed by atoms with van der Waals surface area (Å²) in [6.07, 6.45) is 0. The second kappa shape index (κ2) is 1.05. The number of rotatable bonds is 0. The maximum absolute atomic E-state index is 11.0. The lowest BCUT2D eigenvalue weighted by Crippen LogP contribution is -1.95. The molecule has 0 saturated carbocycles. The molecule has 0 radical (unpaired) electrons. The first-order valence-corrected chi connectivity index (χ1v) is 2.73. The Kier molecular flexibility index (Phi) is 1.06. The van der Waals surface area contributed by atoms with Crippen molar-refractivity contribution in [2.24, 2.45) is 11.0 Å². The fraction of sp³-hybridized carbons (Fsp3) is 0. The molecule has 0 bridgehead atoms. The second-order valence-electron chi connectivity index (χ2n) is 0.687. The highest BCUT2D eigenvalue weighted by Crippen LogP contribution is 2.25. The van der Waals surface area contributed by atoms with Crippen molar-refractivity contribution in [1.29, 1.82) is 5.16 Å². The molecule has 0 aromatic carbocycles. The van der Waals surface area contributed by atoms with E-state index in [4.69, 9.17) is 5.16 Å². The molecule has 0 aromatic rings. The van der Waals surface area contributed by atoms with Gasteiger partial charge in [0.15, 0.2) is 0 Å². The fourth-order valence-corrected chi connectivity index (χ4v) is 0. The third-order valence-corrected chi connectivity index (χ3v) is 0. The van der Waals surface area contributed by atoms with Crippen LogP contribution in [0.25, 0.3) is 0 Å². The lowest BCUT2D eigenvalue weighted by atomic mass is 13.9. The van der Waals surface area contributed by atoms with Crippen LogP contribution in [0.3, 0.4) is 0 Å². The first kappa shape index (κ1) is 5.08. The number of halogens is 1. The van der Waals surface area contributed by atoms with Gasteiger partial charge < -0.3 is 0 Å². The standard InChI is InChI=1S/FH5N3P/c1-5(2,3)4/h(H5,2,3,4). The summed E-state index contributed by atoms with van der Waals surface area (Å²) in [7, 11) is -3.64. The van der Waals surface area contributed by atoms with E-state index in [0.29, 0.717) is 0 Å². The molecule has 0 aliphatic heterocycles. The Morgan fingerprint density at radius 1 is 1.60 bits per heavy atom. The Morgan fingerprint density at radius 3 is 1.60 bits per heavy atom. The van der Waals surface area contributed by atoms with Crippen molar-refractivity contribution in [3.05, 3.63) is 0 Å². The lowest BCUT2D eigenvalue weighted by Gasteiger charge is -1.88. The summed E-state index contributed by atoms with van der Waals surface area (Å²) in [6, 6.07) is 0. The third kappa shape index (κ3) is 2760.